The van der Waals surface area contributed by atoms with Crippen LogP contribution in [0.2, 0.25) is 0 Å². The Balaban J connectivity index is 1.42. The normalized spacial score (nSPS) is 14.7. The first-order valence-corrected chi connectivity index (χ1v) is 8.73. The van der Waals surface area contributed by atoms with Crippen LogP contribution in [0.5, 0.6) is 0 Å². The molecule has 10 heteroatoms. The number of carbonyl (C=O) groups excluding carboxylic acids is 1. The molecule has 28 heavy (non-hydrogen) atoms. The standard InChI is InChI=1S/C18H16F3N5O2/c19-18(20,21)17-24-15(25-28-17)12-4-6-14(7-5-12)26-10-11(9-23-26)8-22-16(27)13-2-1-3-13/h4-7,9-10,13H,1-3,8H2,(H,22,27). The Morgan fingerprint density at radius 1 is 1.25 bits per heavy atom. The SMILES string of the molecule is O=C(NCc1cnn(-c2ccc(-c3noc(C(F)(F)F)n3)cc2)c1)C1CCC1. The Kier molecular flexibility index (Phi) is 4.62. The van der Waals surface area contributed by atoms with Gasteiger partial charge in [0.05, 0.1) is 11.9 Å². The van der Waals surface area contributed by atoms with Gasteiger partial charge in [-0.3, -0.25) is 4.79 Å². The fourth-order valence-corrected chi connectivity index (χ4v) is 2.82. The molecule has 1 N–H and O–H groups in total. The van der Waals surface area contributed by atoms with Gasteiger partial charge in [-0.2, -0.15) is 23.3 Å². The summed E-state index contributed by atoms with van der Waals surface area (Å²) < 4.78 is 43.5. The smallest absolute Gasteiger partial charge is 0.352 e. The molecule has 2 aromatic heterocycles. The van der Waals surface area contributed by atoms with Gasteiger partial charge in [-0.25, -0.2) is 4.68 Å². The molecule has 0 aliphatic heterocycles. The van der Waals surface area contributed by atoms with E-state index in [1.54, 1.807) is 41.3 Å². The van der Waals surface area contributed by atoms with Crippen molar-refractivity contribution in [3.05, 3.63) is 48.1 Å². The van der Waals surface area contributed by atoms with Crippen LogP contribution in [-0.2, 0) is 17.5 Å². The molecule has 146 valence electrons. The van der Waals surface area contributed by atoms with Gasteiger partial charge < -0.3 is 9.84 Å². The third kappa shape index (κ3) is 3.75. The summed E-state index contributed by atoms with van der Waals surface area (Å²) in [5.41, 5.74) is 1.95. The van der Waals surface area contributed by atoms with Crippen LogP contribution in [0.4, 0.5) is 13.2 Å². The average Bonchev–Trinajstić information content (AvgIpc) is 3.28. The van der Waals surface area contributed by atoms with Crippen LogP contribution in [0.3, 0.4) is 0 Å². The highest BCUT2D eigenvalue weighted by atomic mass is 19.4. The first-order valence-electron chi connectivity index (χ1n) is 8.73. The second-order valence-corrected chi connectivity index (χ2v) is 6.61. The lowest BCUT2D eigenvalue weighted by Crippen LogP contribution is -2.33. The van der Waals surface area contributed by atoms with E-state index in [0.717, 1.165) is 24.8 Å². The van der Waals surface area contributed by atoms with Crippen molar-refractivity contribution in [2.24, 2.45) is 5.92 Å². The highest BCUT2D eigenvalue weighted by molar-refractivity contribution is 5.79. The number of nitrogens with one attached hydrogen (secondary N) is 1. The number of benzene rings is 1. The van der Waals surface area contributed by atoms with Crippen molar-refractivity contribution in [1.82, 2.24) is 25.2 Å². The number of alkyl halides is 3. The van der Waals surface area contributed by atoms with Gasteiger partial charge in [0.15, 0.2) is 0 Å². The number of carbonyl (C=O) groups is 1. The third-order valence-electron chi connectivity index (χ3n) is 4.64. The first kappa shape index (κ1) is 18.2. The molecule has 0 atom stereocenters. The number of hydrogen-bond acceptors (Lipinski definition) is 5. The number of halogens is 3. The van der Waals surface area contributed by atoms with Crippen molar-refractivity contribution >= 4 is 5.91 Å². The van der Waals surface area contributed by atoms with E-state index in [-0.39, 0.29) is 17.6 Å². The minimum Gasteiger partial charge on any atom is -0.352 e. The topological polar surface area (TPSA) is 85.8 Å². The summed E-state index contributed by atoms with van der Waals surface area (Å²) in [5.74, 6) is -1.32. The number of nitrogens with zero attached hydrogens (tertiary/aromatic N) is 4. The van der Waals surface area contributed by atoms with Gasteiger partial charge in [0, 0.05) is 29.8 Å². The fourth-order valence-electron chi connectivity index (χ4n) is 2.82. The first-order chi connectivity index (χ1) is 13.4. The van der Waals surface area contributed by atoms with E-state index in [1.807, 2.05) is 0 Å². The van der Waals surface area contributed by atoms with Gasteiger partial charge in [0.25, 0.3) is 0 Å². The lowest BCUT2D eigenvalue weighted by atomic mass is 9.85. The molecule has 1 aromatic carbocycles. The molecule has 1 aliphatic carbocycles. The van der Waals surface area contributed by atoms with Crippen LogP contribution in [0, 0.1) is 5.92 Å². The van der Waals surface area contributed by atoms with Crippen LogP contribution in [0.15, 0.2) is 41.2 Å². The zero-order chi connectivity index (χ0) is 19.7. The van der Waals surface area contributed by atoms with Crippen molar-refractivity contribution in [2.75, 3.05) is 0 Å². The maximum atomic E-state index is 12.6. The number of hydrogen-bond donors (Lipinski definition) is 1. The maximum absolute atomic E-state index is 12.6. The zero-order valence-corrected chi connectivity index (χ0v) is 14.6. The summed E-state index contributed by atoms with van der Waals surface area (Å²) in [7, 11) is 0. The summed E-state index contributed by atoms with van der Waals surface area (Å²) in [5, 5.41) is 10.5. The number of aromatic nitrogens is 4. The van der Waals surface area contributed by atoms with E-state index in [4.69, 9.17) is 0 Å². The summed E-state index contributed by atoms with van der Waals surface area (Å²) in [6, 6.07) is 6.53. The number of amides is 1. The molecule has 0 spiro atoms. The summed E-state index contributed by atoms with van der Waals surface area (Å²) in [6.45, 7) is 0.399. The molecule has 1 fully saturated rings. The molecular weight excluding hydrogens is 375 g/mol. The van der Waals surface area contributed by atoms with Crippen molar-refractivity contribution in [3.63, 3.8) is 0 Å². The van der Waals surface area contributed by atoms with E-state index in [2.05, 4.69) is 25.1 Å². The molecule has 1 saturated carbocycles. The van der Waals surface area contributed by atoms with E-state index < -0.39 is 12.1 Å². The Labute approximate surface area is 157 Å². The van der Waals surface area contributed by atoms with E-state index >= 15 is 0 Å². The minimum atomic E-state index is -4.68. The van der Waals surface area contributed by atoms with Crippen LogP contribution < -0.4 is 5.32 Å². The second kappa shape index (κ2) is 7.10. The van der Waals surface area contributed by atoms with Crippen molar-refractivity contribution in [2.45, 2.75) is 32.0 Å². The Morgan fingerprint density at radius 3 is 2.61 bits per heavy atom. The van der Waals surface area contributed by atoms with Crippen LogP contribution in [-0.4, -0.2) is 25.8 Å². The van der Waals surface area contributed by atoms with Crippen molar-refractivity contribution in [3.8, 4) is 17.1 Å². The molecule has 0 radical (unpaired) electrons. The van der Waals surface area contributed by atoms with Crippen LogP contribution in [0.25, 0.3) is 17.1 Å². The Bertz CT molecular complexity index is 974. The summed E-state index contributed by atoms with van der Waals surface area (Å²) in [4.78, 5) is 15.2. The van der Waals surface area contributed by atoms with E-state index in [9.17, 15) is 18.0 Å². The summed E-state index contributed by atoms with van der Waals surface area (Å²) >= 11 is 0. The lowest BCUT2D eigenvalue weighted by Gasteiger charge is -2.23. The fraction of sp³-hybridized carbons (Fsp3) is 0.333. The molecule has 1 amide bonds. The van der Waals surface area contributed by atoms with Crippen LogP contribution in [0.1, 0.15) is 30.7 Å². The lowest BCUT2D eigenvalue weighted by molar-refractivity contribution is -0.159. The molecule has 0 bridgehead atoms. The predicted octanol–water partition coefficient (Wildman–Crippen LogP) is 3.36. The molecule has 0 unspecified atom stereocenters. The summed E-state index contributed by atoms with van der Waals surface area (Å²) in [6.07, 6.45) is 1.76. The molecule has 3 aromatic rings. The predicted molar refractivity (Wildman–Crippen MR) is 91.0 cm³/mol. The Morgan fingerprint density at radius 2 is 2.00 bits per heavy atom. The quantitative estimate of drug-likeness (QED) is 0.721. The molecule has 2 heterocycles. The molecule has 0 saturated heterocycles. The molecule has 4 rings (SSSR count). The maximum Gasteiger partial charge on any atom is 0.471 e. The van der Waals surface area contributed by atoms with Gasteiger partial charge >= 0.3 is 12.1 Å². The molecule has 7 nitrogen and oxygen atoms in total. The monoisotopic (exact) mass is 391 g/mol. The van der Waals surface area contributed by atoms with Crippen molar-refractivity contribution < 1.29 is 22.5 Å². The molecular formula is C18H16F3N5O2. The Hall–Kier alpha value is -3.17. The number of rotatable bonds is 5. The van der Waals surface area contributed by atoms with Crippen molar-refractivity contribution in [1.29, 1.82) is 0 Å². The second-order valence-electron chi connectivity index (χ2n) is 6.61. The zero-order valence-electron chi connectivity index (χ0n) is 14.6. The minimum absolute atomic E-state index is 0.0710. The van der Waals surface area contributed by atoms with Gasteiger partial charge in [-0.05, 0) is 37.1 Å². The van der Waals surface area contributed by atoms with Gasteiger partial charge in [-0.15, -0.1) is 0 Å². The largest absolute Gasteiger partial charge is 0.471 e. The van der Waals surface area contributed by atoms with E-state index in [1.165, 1.54) is 0 Å². The third-order valence-corrected chi connectivity index (χ3v) is 4.64. The highest BCUT2D eigenvalue weighted by Gasteiger charge is 2.38. The average molecular weight is 391 g/mol. The van der Waals surface area contributed by atoms with Gasteiger partial charge in [0.1, 0.15) is 0 Å². The molecule has 1 aliphatic rings. The van der Waals surface area contributed by atoms with E-state index in [0.29, 0.717) is 17.8 Å². The van der Waals surface area contributed by atoms with Crippen LogP contribution >= 0.6 is 0 Å². The van der Waals surface area contributed by atoms with Gasteiger partial charge in [0.2, 0.25) is 11.7 Å². The van der Waals surface area contributed by atoms with Gasteiger partial charge in [-0.1, -0.05) is 11.6 Å². The highest BCUT2D eigenvalue weighted by Crippen LogP contribution is 2.29.